The summed E-state index contributed by atoms with van der Waals surface area (Å²) in [6.07, 6.45) is 1.10. The Kier molecular flexibility index (Phi) is 8.84. The normalized spacial score (nSPS) is 25.3. The van der Waals surface area contributed by atoms with Crippen LogP contribution < -0.4 is 5.32 Å². The molecule has 4 rings (SSSR count). The Morgan fingerprint density at radius 1 is 0.829 bits per heavy atom. The highest BCUT2D eigenvalue weighted by Crippen LogP contribution is 2.42. The summed E-state index contributed by atoms with van der Waals surface area (Å²) in [7, 11) is 0. The van der Waals surface area contributed by atoms with E-state index in [2.05, 4.69) is 31.0 Å². The molecule has 1 fully saturated rings. The van der Waals surface area contributed by atoms with Crippen molar-refractivity contribution in [1.29, 1.82) is 0 Å². The van der Waals surface area contributed by atoms with Crippen LogP contribution in [0.4, 0.5) is 0 Å². The van der Waals surface area contributed by atoms with Gasteiger partial charge in [-0.1, -0.05) is 81.4 Å². The van der Waals surface area contributed by atoms with Gasteiger partial charge in [-0.15, -0.1) is 0 Å². The molecule has 1 N–H and O–H groups in total. The zero-order valence-electron chi connectivity index (χ0n) is 20.2. The molecule has 2 bridgehead atoms. The Labute approximate surface area is 205 Å². The number of carbonyl (C=O) groups excluding carboxylic acids is 1. The predicted octanol–water partition coefficient (Wildman–Crippen LogP) is 3.63. The van der Waals surface area contributed by atoms with E-state index in [9.17, 15) is 25.0 Å². The summed E-state index contributed by atoms with van der Waals surface area (Å²) >= 11 is 0. The molecule has 2 aromatic rings. The minimum Gasteiger partial charge on any atom is -0.304 e. The molecule has 2 aliphatic heterocycles. The lowest BCUT2D eigenvalue weighted by Crippen LogP contribution is -2.64. The number of Topliss-reactive ketones (excluding diaryl/α,β-unsaturated/α-hetero) is 1. The van der Waals surface area contributed by atoms with E-state index in [4.69, 9.17) is 0 Å². The van der Waals surface area contributed by atoms with Crippen LogP contribution in [-0.4, -0.2) is 58.3 Å². The maximum absolute atomic E-state index is 13.6. The summed E-state index contributed by atoms with van der Waals surface area (Å²) in [4.78, 5) is 38.0. The van der Waals surface area contributed by atoms with Crippen molar-refractivity contribution in [3.63, 3.8) is 0 Å². The molecule has 2 aromatic carbocycles. The van der Waals surface area contributed by atoms with Gasteiger partial charge in [0.2, 0.25) is 0 Å². The van der Waals surface area contributed by atoms with Crippen molar-refractivity contribution in [3.05, 3.63) is 104 Å². The van der Waals surface area contributed by atoms with Crippen molar-refractivity contribution in [3.8, 4) is 0 Å². The number of fused-ring (bicyclic) bond motifs is 2. The van der Waals surface area contributed by atoms with Crippen molar-refractivity contribution >= 4 is 5.78 Å². The average molecular weight is 481 g/mol. The molecule has 0 radical (unpaired) electrons. The van der Waals surface area contributed by atoms with Gasteiger partial charge in [-0.05, 0) is 30.8 Å². The van der Waals surface area contributed by atoms with E-state index in [-0.39, 0.29) is 11.5 Å². The summed E-state index contributed by atoms with van der Waals surface area (Å²) in [6, 6.07) is 14.6. The van der Waals surface area contributed by atoms with Crippen molar-refractivity contribution < 1.29 is 14.6 Å². The average Bonchev–Trinajstić information content (AvgIpc) is 2.86. The van der Waals surface area contributed by atoms with E-state index in [0.717, 1.165) is 6.08 Å². The summed E-state index contributed by atoms with van der Waals surface area (Å²) in [6.45, 7) is 10.1. The molecule has 0 aliphatic carbocycles. The molecule has 0 spiro atoms. The van der Waals surface area contributed by atoms with Crippen LogP contribution in [-0.2, 0) is 4.79 Å². The first-order valence-corrected chi connectivity index (χ1v) is 12.0. The third-order valence-electron chi connectivity index (χ3n) is 6.82. The number of nitro groups is 2. The molecule has 35 heavy (non-hydrogen) atoms. The summed E-state index contributed by atoms with van der Waals surface area (Å²) < 4.78 is 0. The van der Waals surface area contributed by atoms with Gasteiger partial charge in [-0.3, -0.25) is 30.3 Å². The zero-order chi connectivity index (χ0) is 25.5. The van der Waals surface area contributed by atoms with Gasteiger partial charge in [0, 0.05) is 4.92 Å². The standard InChI is InChI=1S/C20H17N3O5.C6H15N/c24-20-16(12-7-3-1-4-8-12)18-14(22(25)26)11-15(23(27)28)19(21-18)17(20)13-9-5-2-6-10-13;1-4-7(5-2)6-3/h1-11,14,16-19,21H;4-6H2,1-3H3. The van der Waals surface area contributed by atoms with Crippen LogP contribution in [0.3, 0.4) is 0 Å². The van der Waals surface area contributed by atoms with Crippen LogP contribution in [0.5, 0.6) is 0 Å². The van der Waals surface area contributed by atoms with Crippen LogP contribution in [0.25, 0.3) is 0 Å². The maximum Gasteiger partial charge on any atom is 0.267 e. The van der Waals surface area contributed by atoms with Crippen LogP contribution in [0.1, 0.15) is 43.7 Å². The van der Waals surface area contributed by atoms with E-state index >= 15 is 0 Å². The molecule has 9 heteroatoms. The molecule has 5 unspecified atom stereocenters. The molecule has 2 heterocycles. The lowest BCUT2D eigenvalue weighted by Gasteiger charge is -2.43. The molecular weight excluding hydrogens is 448 g/mol. The fourth-order valence-electron chi connectivity index (χ4n) is 4.95. The first kappa shape index (κ1) is 26.2. The van der Waals surface area contributed by atoms with Gasteiger partial charge in [0.1, 0.15) is 6.04 Å². The van der Waals surface area contributed by atoms with Crippen molar-refractivity contribution in [2.45, 2.75) is 50.7 Å². The van der Waals surface area contributed by atoms with Crippen LogP contribution in [0.15, 0.2) is 72.4 Å². The fraction of sp³-hybridized carbons (Fsp3) is 0.423. The van der Waals surface area contributed by atoms with E-state index in [1.165, 1.54) is 19.6 Å². The van der Waals surface area contributed by atoms with Gasteiger partial charge < -0.3 is 4.90 Å². The highest BCUT2D eigenvalue weighted by atomic mass is 16.6. The Balaban J connectivity index is 0.000000429. The Morgan fingerprint density at radius 3 is 1.71 bits per heavy atom. The second-order valence-corrected chi connectivity index (χ2v) is 8.59. The summed E-state index contributed by atoms with van der Waals surface area (Å²) in [5, 5.41) is 26.3. The van der Waals surface area contributed by atoms with Gasteiger partial charge in [0.05, 0.1) is 28.9 Å². The van der Waals surface area contributed by atoms with E-state index in [1.54, 1.807) is 60.7 Å². The van der Waals surface area contributed by atoms with Crippen molar-refractivity contribution in [2.24, 2.45) is 0 Å². The molecule has 2 aliphatic rings. The fourth-order valence-corrected chi connectivity index (χ4v) is 4.95. The number of hydrogen-bond donors (Lipinski definition) is 1. The Bertz CT molecular complexity index is 1050. The molecule has 1 saturated heterocycles. The number of rotatable bonds is 7. The predicted molar refractivity (Wildman–Crippen MR) is 133 cm³/mol. The highest BCUT2D eigenvalue weighted by Gasteiger charge is 2.57. The smallest absolute Gasteiger partial charge is 0.267 e. The summed E-state index contributed by atoms with van der Waals surface area (Å²) in [5.41, 5.74) is 0.984. The largest absolute Gasteiger partial charge is 0.304 e. The first-order valence-electron chi connectivity index (χ1n) is 12.0. The molecule has 0 aromatic heterocycles. The van der Waals surface area contributed by atoms with Crippen molar-refractivity contribution in [1.82, 2.24) is 10.2 Å². The monoisotopic (exact) mass is 480 g/mol. The Morgan fingerprint density at radius 2 is 1.31 bits per heavy atom. The van der Waals surface area contributed by atoms with Gasteiger partial charge in [-0.25, -0.2) is 0 Å². The number of benzene rings is 2. The third-order valence-corrected chi connectivity index (χ3v) is 6.82. The first-order chi connectivity index (χ1) is 16.8. The minimum atomic E-state index is -1.36. The third kappa shape index (κ3) is 5.63. The molecule has 9 nitrogen and oxygen atoms in total. The maximum atomic E-state index is 13.6. The Hall–Kier alpha value is -3.43. The zero-order valence-corrected chi connectivity index (χ0v) is 20.2. The minimum absolute atomic E-state index is 0.245. The number of hydrogen-bond acceptors (Lipinski definition) is 7. The number of nitrogens with one attached hydrogen (secondary N) is 1. The lowest BCUT2D eigenvalue weighted by molar-refractivity contribution is -0.520. The van der Waals surface area contributed by atoms with Crippen LogP contribution in [0, 0.1) is 20.2 Å². The van der Waals surface area contributed by atoms with Crippen LogP contribution >= 0.6 is 0 Å². The van der Waals surface area contributed by atoms with Gasteiger partial charge in [0.25, 0.3) is 11.7 Å². The van der Waals surface area contributed by atoms with E-state index in [0.29, 0.717) is 11.1 Å². The van der Waals surface area contributed by atoms with E-state index < -0.39 is 39.8 Å². The van der Waals surface area contributed by atoms with E-state index in [1.807, 2.05) is 0 Å². The van der Waals surface area contributed by atoms with Crippen LogP contribution in [0.2, 0.25) is 0 Å². The lowest BCUT2D eigenvalue weighted by atomic mass is 9.68. The molecule has 5 atom stereocenters. The number of piperidine rings is 1. The number of ketones is 1. The second-order valence-electron chi connectivity index (χ2n) is 8.59. The number of nitrogens with zero attached hydrogens (tertiary/aromatic N) is 3. The second kappa shape index (κ2) is 11.8. The highest BCUT2D eigenvalue weighted by molar-refractivity contribution is 5.95. The molecule has 0 amide bonds. The van der Waals surface area contributed by atoms with Gasteiger partial charge >= 0.3 is 0 Å². The molecule has 186 valence electrons. The van der Waals surface area contributed by atoms with Gasteiger partial charge in [0.15, 0.2) is 5.78 Å². The molecular formula is C26H32N4O5. The quantitative estimate of drug-likeness (QED) is 0.475. The molecule has 0 saturated carbocycles. The number of carbonyl (C=O) groups is 1. The topological polar surface area (TPSA) is 119 Å². The van der Waals surface area contributed by atoms with Gasteiger partial charge in [-0.2, -0.15) is 0 Å². The SMILES string of the molecule is CCN(CC)CC.O=C1C(c2ccccc2)C2NC(C1c1ccccc1)C([N+](=O)[O-])C=C2[N+](=O)[O-]. The van der Waals surface area contributed by atoms with Crippen molar-refractivity contribution in [2.75, 3.05) is 19.6 Å². The summed E-state index contributed by atoms with van der Waals surface area (Å²) in [5.74, 6) is -1.82.